The highest BCUT2D eigenvalue weighted by molar-refractivity contribution is 5.97. The molecule has 6 heteroatoms. The smallest absolute Gasteiger partial charge is 0.258 e. The Hall–Kier alpha value is -2.47. The van der Waals surface area contributed by atoms with E-state index in [2.05, 4.69) is 20.2 Å². The maximum absolute atomic E-state index is 12.6. The predicted molar refractivity (Wildman–Crippen MR) is 88.3 cm³/mol. The second-order valence-corrected chi connectivity index (χ2v) is 5.47. The van der Waals surface area contributed by atoms with E-state index in [0.29, 0.717) is 5.69 Å². The number of aromatic nitrogens is 2. The van der Waals surface area contributed by atoms with Gasteiger partial charge in [0, 0.05) is 20.2 Å². The van der Waals surface area contributed by atoms with Crippen LogP contribution in [-0.2, 0) is 9.53 Å². The predicted octanol–water partition coefficient (Wildman–Crippen LogP) is 2.40. The first-order valence-electron chi connectivity index (χ1n) is 7.73. The first kappa shape index (κ1) is 15.4. The number of benzene rings is 1. The monoisotopic (exact) mass is 312 g/mol. The van der Waals surface area contributed by atoms with Crippen LogP contribution in [0.2, 0.25) is 0 Å². The van der Waals surface area contributed by atoms with E-state index < -0.39 is 6.10 Å². The molecule has 0 bridgehead atoms. The lowest BCUT2D eigenvalue weighted by atomic mass is 10.1. The van der Waals surface area contributed by atoms with Crippen molar-refractivity contribution in [3.05, 3.63) is 48.4 Å². The molecular weight excluding hydrogens is 292 g/mol. The number of methoxy groups -OCH3 is 1. The van der Waals surface area contributed by atoms with Crippen LogP contribution in [0.25, 0.3) is 0 Å². The van der Waals surface area contributed by atoms with Gasteiger partial charge in [-0.1, -0.05) is 30.3 Å². The Kier molecular flexibility index (Phi) is 4.83. The van der Waals surface area contributed by atoms with Crippen LogP contribution < -0.4 is 10.2 Å². The van der Waals surface area contributed by atoms with Gasteiger partial charge in [-0.3, -0.25) is 4.79 Å². The number of rotatable bonds is 5. The molecule has 1 N–H and O–H groups in total. The lowest BCUT2D eigenvalue weighted by Crippen LogP contribution is -2.26. The Morgan fingerprint density at radius 1 is 1.26 bits per heavy atom. The van der Waals surface area contributed by atoms with Crippen molar-refractivity contribution < 1.29 is 9.53 Å². The number of nitrogens with one attached hydrogen (secondary N) is 1. The van der Waals surface area contributed by atoms with Crippen molar-refractivity contribution in [1.82, 2.24) is 9.97 Å². The van der Waals surface area contributed by atoms with E-state index in [1.54, 1.807) is 6.20 Å². The molecular formula is C17H20N4O2. The first-order chi connectivity index (χ1) is 11.3. The number of anilines is 2. The van der Waals surface area contributed by atoms with Crippen molar-refractivity contribution in [2.45, 2.75) is 18.9 Å². The van der Waals surface area contributed by atoms with Crippen molar-refractivity contribution >= 4 is 17.4 Å². The molecule has 0 radical (unpaired) electrons. The summed E-state index contributed by atoms with van der Waals surface area (Å²) in [6.07, 6.45) is 4.76. The third-order valence-corrected chi connectivity index (χ3v) is 3.93. The summed E-state index contributed by atoms with van der Waals surface area (Å²) in [5, 5.41) is 2.91. The molecule has 6 nitrogen and oxygen atoms in total. The third-order valence-electron chi connectivity index (χ3n) is 3.93. The maximum Gasteiger partial charge on any atom is 0.258 e. The third kappa shape index (κ3) is 3.48. The van der Waals surface area contributed by atoms with E-state index in [1.165, 1.54) is 13.4 Å². The molecule has 1 aromatic carbocycles. The summed E-state index contributed by atoms with van der Waals surface area (Å²) < 4.78 is 5.37. The topological polar surface area (TPSA) is 67.3 Å². The number of carbonyl (C=O) groups excluding carboxylic acids is 1. The van der Waals surface area contributed by atoms with Gasteiger partial charge in [-0.15, -0.1) is 0 Å². The van der Waals surface area contributed by atoms with Crippen molar-refractivity contribution in [2.75, 3.05) is 30.4 Å². The Morgan fingerprint density at radius 3 is 2.70 bits per heavy atom. The second kappa shape index (κ2) is 7.19. The lowest BCUT2D eigenvalue weighted by molar-refractivity contribution is -0.126. The average Bonchev–Trinajstić information content (AvgIpc) is 3.11. The summed E-state index contributed by atoms with van der Waals surface area (Å²) in [7, 11) is 1.53. The number of nitrogens with zero attached hydrogens (tertiary/aromatic N) is 3. The van der Waals surface area contributed by atoms with E-state index in [0.717, 1.165) is 37.3 Å². The van der Waals surface area contributed by atoms with Gasteiger partial charge in [-0.25, -0.2) is 9.97 Å². The van der Waals surface area contributed by atoms with Crippen LogP contribution in [0, 0.1) is 0 Å². The fourth-order valence-corrected chi connectivity index (χ4v) is 2.81. The van der Waals surface area contributed by atoms with Crippen molar-refractivity contribution in [2.24, 2.45) is 0 Å². The van der Waals surface area contributed by atoms with Crippen LogP contribution in [0.5, 0.6) is 0 Å². The maximum atomic E-state index is 12.6. The Labute approximate surface area is 135 Å². The molecule has 0 spiro atoms. The molecule has 1 amide bonds. The highest BCUT2D eigenvalue weighted by Crippen LogP contribution is 2.27. The molecule has 2 heterocycles. The quantitative estimate of drug-likeness (QED) is 0.918. The summed E-state index contributed by atoms with van der Waals surface area (Å²) in [6, 6.07) is 9.42. The summed E-state index contributed by atoms with van der Waals surface area (Å²) in [5.41, 5.74) is 1.43. The zero-order valence-corrected chi connectivity index (χ0v) is 13.1. The van der Waals surface area contributed by atoms with Gasteiger partial charge < -0.3 is 15.0 Å². The Balaban J connectivity index is 1.79. The fraction of sp³-hybridized carbons (Fsp3) is 0.353. The number of amides is 1. The zero-order chi connectivity index (χ0) is 16.1. The van der Waals surface area contributed by atoms with Gasteiger partial charge in [0.25, 0.3) is 5.91 Å². The molecule has 1 aromatic heterocycles. The molecule has 0 aliphatic carbocycles. The van der Waals surface area contributed by atoms with Gasteiger partial charge in [-0.2, -0.15) is 0 Å². The highest BCUT2D eigenvalue weighted by Gasteiger charge is 2.23. The van der Waals surface area contributed by atoms with Crippen LogP contribution in [0.3, 0.4) is 0 Å². The minimum Gasteiger partial charge on any atom is -0.367 e. The molecule has 23 heavy (non-hydrogen) atoms. The van der Waals surface area contributed by atoms with Crippen LogP contribution in [0.15, 0.2) is 42.9 Å². The number of carbonyl (C=O) groups is 1. The van der Waals surface area contributed by atoms with Crippen molar-refractivity contribution in [3.8, 4) is 0 Å². The molecule has 0 saturated carbocycles. The van der Waals surface area contributed by atoms with Gasteiger partial charge in [0.2, 0.25) is 0 Å². The number of hydrogen-bond acceptors (Lipinski definition) is 5. The van der Waals surface area contributed by atoms with Gasteiger partial charge in [0.15, 0.2) is 11.9 Å². The summed E-state index contributed by atoms with van der Waals surface area (Å²) in [5.74, 6) is 0.544. The van der Waals surface area contributed by atoms with Crippen LogP contribution in [0.1, 0.15) is 24.5 Å². The first-order valence-corrected chi connectivity index (χ1v) is 7.73. The Bertz CT molecular complexity index is 657. The van der Waals surface area contributed by atoms with Gasteiger partial charge in [-0.05, 0) is 18.4 Å². The molecule has 1 atom stereocenters. The van der Waals surface area contributed by atoms with E-state index in [4.69, 9.17) is 4.74 Å². The van der Waals surface area contributed by atoms with E-state index >= 15 is 0 Å². The molecule has 120 valence electrons. The van der Waals surface area contributed by atoms with Gasteiger partial charge >= 0.3 is 0 Å². The Morgan fingerprint density at radius 2 is 2.00 bits per heavy atom. The average molecular weight is 312 g/mol. The van der Waals surface area contributed by atoms with Gasteiger partial charge in [0.05, 0.1) is 6.20 Å². The normalized spacial score (nSPS) is 15.4. The fourth-order valence-electron chi connectivity index (χ4n) is 2.81. The molecule has 1 aliphatic heterocycles. The van der Waals surface area contributed by atoms with Crippen LogP contribution >= 0.6 is 0 Å². The molecule has 0 unspecified atom stereocenters. The minimum absolute atomic E-state index is 0.228. The lowest BCUT2D eigenvalue weighted by Gasteiger charge is -2.21. The molecule has 1 fully saturated rings. The number of hydrogen-bond donors (Lipinski definition) is 1. The summed E-state index contributed by atoms with van der Waals surface area (Å²) >= 11 is 0. The molecule has 2 aromatic rings. The van der Waals surface area contributed by atoms with Crippen molar-refractivity contribution in [3.63, 3.8) is 0 Å². The SMILES string of the molecule is CO[C@@H](C(=O)Nc1cncnc1N1CCCC1)c1ccccc1. The molecule has 3 rings (SSSR count). The standard InChI is InChI=1S/C17H20N4O2/c1-23-15(13-7-3-2-4-8-13)17(22)20-14-11-18-12-19-16(14)21-9-5-6-10-21/h2-4,7-8,11-12,15H,5-6,9-10H2,1H3,(H,20,22)/t15-/m1/s1. The number of ether oxygens (including phenoxy) is 1. The van der Waals surface area contributed by atoms with Crippen LogP contribution in [0.4, 0.5) is 11.5 Å². The second-order valence-electron chi connectivity index (χ2n) is 5.47. The minimum atomic E-state index is -0.664. The highest BCUT2D eigenvalue weighted by atomic mass is 16.5. The van der Waals surface area contributed by atoms with E-state index in [9.17, 15) is 4.79 Å². The summed E-state index contributed by atoms with van der Waals surface area (Å²) in [4.78, 5) is 23.1. The summed E-state index contributed by atoms with van der Waals surface area (Å²) in [6.45, 7) is 1.90. The van der Waals surface area contributed by atoms with Gasteiger partial charge in [0.1, 0.15) is 12.0 Å². The molecule has 1 aliphatic rings. The van der Waals surface area contributed by atoms with E-state index in [1.807, 2.05) is 30.3 Å². The van der Waals surface area contributed by atoms with E-state index in [-0.39, 0.29) is 5.91 Å². The van der Waals surface area contributed by atoms with Crippen molar-refractivity contribution in [1.29, 1.82) is 0 Å². The molecule has 1 saturated heterocycles. The largest absolute Gasteiger partial charge is 0.367 e. The van der Waals surface area contributed by atoms with Crippen LogP contribution in [-0.4, -0.2) is 36.1 Å². The zero-order valence-electron chi connectivity index (χ0n) is 13.1.